The smallest absolute Gasteiger partial charge is 0.259 e. The first kappa shape index (κ1) is 21.9. The normalized spacial score (nSPS) is 14.2. The second-order valence-corrected chi connectivity index (χ2v) is 9.84. The zero-order chi connectivity index (χ0) is 21.3. The Bertz CT molecular complexity index is 1050. The average Bonchev–Trinajstić information content (AvgIpc) is 2.67. The molecule has 0 saturated carbocycles. The number of sulfonamides is 1. The van der Waals surface area contributed by atoms with Gasteiger partial charge in [0.15, 0.2) is 0 Å². The fraction of sp³-hybridized carbons (Fsp3) is 0.381. The number of fused-ring (bicyclic) bond motifs is 1. The van der Waals surface area contributed by atoms with Gasteiger partial charge in [-0.3, -0.25) is 4.79 Å². The van der Waals surface area contributed by atoms with Crippen molar-refractivity contribution in [2.24, 2.45) is 0 Å². The van der Waals surface area contributed by atoms with Crippen LogP contribution in [-0.2, 0) is 16.4 Å². The van der Waals surface area contributed by atoms with Crippen molar-refractivity contribution in [3.05, 3.63) is 57.3 Å². The third-order valence-electron chi connectivity index (χ3n) is 5.14. The van der Waals surface area contributed by atoms with E-state index < -0.39 is 21.7 Å². The molecule has 1 aliphatic rings. The molecule has 0 N–H and O–H groups in total. The molecule has 0 aliphatic carbocycles. The summed E-state index contributed by atoms with van der Waals surface area (Å²) in [6.07, 6.45) is 1.42. The average molecular weight is 483 g/mol. The maximum absolute atomic E-state index is 14.7. The van der Waals surface area contributed by atoms with E-state index in [4.69, 9.17) is 0 Å². The van der Waals surface area contributed by atoms with E-state index >= 15 is 0 Å². The molecule has 1 aliphatic heterocycles. The van der Waals surface area contributed by atoms with Crippen molar-refractivity contribution in [2.45, 2.75) is 38.5 Å². The monoisotopic (exact) mass is 482 g/mol. The summed E-state index contributed by atoms with van der Waals surface area (Å²) in [6, 6.07) is 7.72. The molecule has 5 nitrogen and oxygen atoms in total. The van der Waals surface area contributed by atoms with Gasteiger partial charge >= 0.3 is 0 Å². The van der Waals surface area contributed by atoms with Gasteiger partial charge in [0.05, 0.1) is 16.1 Å². The van der Waals surface area contributed by atoms with E-state index in [2.05, 4.69) is 15.9 Å². The van der Waals surface area contributed by atoms with Gasteiger partial charge in [0.2, 0.25) is 10.0 Å². The molecule has 156 valence electrons. The number of aryl methyl sites for hydroxylation is 2. The highest BCUT2D eigenvalue weighted by atomic mass is 79.9. The number of rotatable bonds is 5. The zero-order valence-corrected chi connectivity index (χ0v) is 19.1. The molecule has 2 aromatic carbocycles. The summed E-state index contributed by atoms with van der Waals surface area (Å²) in [5.74, 6) is -0.853. The van der Waals surface area contributed by atoms with Gasteiger partial charge in [0.25, 0.3) is 5.91 Å². The van der Waals surface area contributed by atoms with Gasteiger partial charge in [-0.1, -0.05) is 19.9 Å². The van der Waals surface area contributed by atoms with Crippen molar-refractivity contribution >= 4 is 37.5 Å². The number of carbonyl (C=O) groups excluding carboxylic acids is 1. The summed E-state index contributed by atoms with van der Waals surface area (Å²) in [4.78, 5) is 14.8. The Kier molecular flexibility index (Phi) is 6.45. The van der Waals surface area contributed by atoms with Gasteiger partial charge in [0.1, 0.15) is 5.82 Å². The second-order valence-electron chi connectivity index (χ2n) is 7.05. The second kappa shape index (κ2) is 8.53. The third kappa shape index (κ3) is 4.11. The topological polar surface area (TPSA) is 57.7 Å². The zero-order valence-electron chi connectivity index (χ0n) is 16.7. The molecule has 29 heavy (non-hydrogen) atoms. The molecular formula is C21H24BrFN2O3S. The van der Waals surface area contributed by atoms with Gasteiger partial charge in [-0.15, -0.1) is 0 Å². The summed E-state index contributed by atoms with van der Waals surface area (Å²) >= 11 is 3.36. The summed E-state index contributed by atoms with van der Waals surface area (Å²) in [7, 11) is -3.71. The highest BCUT2D eigenvalue weighted by Crippen LogP contribution is 2.34. The van der Waals surface area contributed by atoms with Crippen molar-refractivity contribution in [3.63, 3.8) is 0 Å². The van der Waals surface area contributed by atoms with Crippen molar-refractivity contribution in [3.8, 4) is 0 Å². The van der Waals surface area contributed by atoms with Crippen LogP contribution in [0, 0.1) is 12.7 Å². The molecule has 1 heterocycles. The van der Waals surface area contributed by atoms with E-state index in [-0.39, 0.29) is 16.1 Å². The SMILES string of the molecule is CCN(CC)S(=O)(=O)c1ccc(Br)c(C(=O)N2CCCc3cc(C)cc(F)c32)c1. The van der Waals surface area contributed by atoms with Crippen LogP contribution in [0.1, 0.15) is 41.8 Å². The molecule has 0 spiro atoms. The van der Waals surface area contributed by atoms with Crippen LogP contribution in [0.25, 0.3) is 0 Å². The molecule has 1 amide bonds. The highest BCUT2D eigenvalue weighted by molar-refractivity contribution is 9.10. The molecule has 0 aromatic heterocycles. The number of hydrogen-bond acceptors (Lipinski definition) is 3. The Labute approximate surface area is 179 Å². The van der Waals surface area contributed by atoms with E-state index in [1.165, 1.54) is 27.4 Å². The van der Waals surface area contributed by atoms with Gasteiger partial charge in [-0.2, -0.15) is 4.31 Å². The minimum Gasteiger partial charge on any atom is -0.305 e. The maximum atomic E-state index is 14.7. The first-order valence-corrected chi connectivity index (χ1v) is 11.8. The first-order valence-electron chi connectivity index (χ1n) is 9.61. The van der Waals surface area contributed by atoms with Crippen LogP contribution < -0.4 is 4.90 Å². The molecule has 8 heteroatoms. The maximum Gasteiger partial charge on any atom is 0.259 e. The van der Waals surface area contributed by atoms with Crippen molar-refractivity contribution in [1.29, 1.82) is 0 Å². The van der Waals surface area contributed by atoms with Gasteiger partial charge in [0, 0.05) is 24.1 Å². The Morgan fingerprint density at radius 3 is 2.55 bits per heavy atom. The number of nitrogens with zero attached hydrogens (tertiary/aromatic N) is 2. The van der Waals surface area contributed by atoms with E-state index in [9.17, 15) is 17.6 Å². The van der Waals surface area contributed by atoms with Crippen LogP contribution in [0.4, 0.5) is 10.1 Å². The number of anilines is 1. The largest absolute Gasteiger partial charge is 0.305 e. The molecule has 3 rings (SSSR count). The van der Waals surface area contributed by atoms with Crippen LogP contribution in [0.3, 0.4) is 0 Å². The Morgan fingerprint density at radius 2 is 1.90 bits per heavy atom. The number of benzene rings is 2. The lowest BCUT2D eigenvalue weighted by atomic mass is 9.98. The third-order valence-corrected chi connectivity index (χ3v) is 7.88. The highest BCUT2D eigenvalue weighted by Gasteiger charge is 2.30. The summed E-state index contributed by atoms with van der Waals surface area (Å²) < 4.78 is 42.3. The molecule has 0 unspecified atom stereocenters. The van der Waals surface area contributed by atoms with Gasteiger partial charge in [-0.05, 0) is 71.1 Å². The van der Waals surface area contributed by atoms with Crippen molar-refractivity contribution in [2.75, 3.05) is 24.5 Å². The standard InChI is InChI=1S/C21H24BrFN2O3S/c1-4-24(5-2)29(27,28)16-8-9-18(22)17(13-16)21(26)25-10-6-7-15-11-14(3)12-19(23)20(15)25/h8-9,11-13H,4-7,10H2,1-3H3. The summed E-state index contributed by atoms with van der Waals surface area (Å²) in [5, 5.41) is 0. The number of hydrogen-bond donors (Lipinski definition) is 0. The molecule has 0 radical (unpaired) electrons. The van der Waals surface area contributed by atoms with E-state index in [1.807, 2.05) is 13.0 Å². The van der Waals surface area contributed by atoms with Gasteiger partial charge < -0.3 is 4.90 Å². The van der Waals surface area contributed by atoms with E-state index in [0.29, 0.717) is 30.5 Å². The van der Waals surface area contributed by atoms with Crippen molar-refractivity contribution < 1.29 is 17.6 Å². The quantitative estimate of drug-likeness (QED) is 0.629. The van der Waals surface area contributed by atoms with Crippen LogP contribution >= 0.6 is 15.9 Å². The predicted octanol–water partition coefficient (Wildman–Crippen LogP) is 4.52. The summed E-state index contributed by atoms with van der Waals surface area (Å²) in [5.41, 5.74) is 2.09. The Morgan fingerprint density at radius 1 is 1.21 bits per heavy atom. The van der Waals surface area contributed by atoms with E-state index in [1.54, 1.807) is 19.9 Å². The van der Waals surface area contributed by atoms with Gasteiger partial charge in [-0.25, -0.2) is 12.8 Å². The van der Waals surface area contributed by atoms with Crippen molar-refractivity contribution in [1.82, 2.24) is 4.31 Å². The van der Waals surface area contributed by atoms with Crippen LogP contribution in [0.5, 0.6) is 0 Å². The molecule has 0 saturated heterocycles. The van der Waals surface area contributed by atoms with Crippen LogP contribution in [0.2, 0.25) is 0 Å². The lowest BCUT2D eigenvalue weighted by Gasteiger charge is -2.30. The fourth-order valence-electron chi connectivity index (χ4n) is 3.73. The molecule has 0 bridgehead atoms. The number of halogens is 2. The molecule has 2 aromatic rings. The lowest BCUT2D eigenvalue weighted by Crippen LogP contribution is -2.37. The molecular weight excluding hydrogens is 459 g/mol. The number of amides is 1. The summed E-state index contributed by atoms with van der Waals surface area (Å²) in [6.45, 7) is 6.40. The minimum atomic E-state index is -3.71. The minimum absolute atomic E-state index is 0.0503. The predicted molar refractivity (Wildman–Crippen MR) is 115 cm³/mol. The Balaban J connectivity index is 2.06. The lowest BCUT2D eigenvalue weighted by molar-refractivity contribution is 0.0983. The molecule has 0 fully saturated rings. The van der Waals surface area contributed by atoms with E-state index in [0.717, 1.165) is 17.5 Å². The fourth-order valence-corrected chi connectivity index (χ4v) is 5.63. The molecule has 0 atom stereocenters. The van der Waals surface area contributed by atoms with Crippen LogP contribution in [-0.4, -0.2) is 38.3 Å². The Hall–Kier alpha value is -1.77. The first-order chi connectivity index (χ1) is 13.7. The van der Waals surface area contributed by atoms with Crippen LogP contribution in [0.15, 0.2) is 39.7 Å². The number of carbonyl (C=O) groups is 1.